The van der Waals surface area contributed by atoms with Gasteiger partial charge in [-0.2, -0.15) is 0 Å². The Kier molecular flexibility index (Phi) is 6.87. The van der Waals surface area contributed by atoms with Crippen molar-refractivity contribution in [2.24, 2.45) is 5.92 Å². The molecule has 1 saturated heterocycles. The standard InChI is InChI=1S/C23H29NO5/c1-5-26-22(25)23(4)27-14-18(15-28-23)8-6-7-9-20-17(3)29-21(24-20)19-12-10-16(2)11-13-19/h7,9-13,18H,5-6,8,14-15H2,1-4H3/t18-,23+. The third-order valence-corrected chi connectivity index (χ3v) is 4.98. The molecule has 0 radical (unpaired) electrons. The first-order valence-corrected chi connectivity index (χ1v) is 10.1. The van der Waals surface area contributed by atoms with Crippen molar-refractivity contribution in [2.75, 3.05) is 19.8 Å². The zero-order valence-corrected chi connectivity index (χ0v) is 17.6. The van der Waals surface area contributed by atoms with Crippen LogP contribution in [-0.2, 0) is 19.0 Å². The number of carbonyl (C=O) groups is 1. The van der Waals surface area contributed by atoms with Crippen LogP contribution in [0, 0.1) is 19.8 Å². The first-order valence-electron chi connectivity index (χ1n) is 10.1. The van der Waals surface area contributed by atoms with Crippen LogP contribution in [0.3, 0.4) is 0 Å². The third-order valence-electron chi connectivity index (χ3n) is 4.98. The molecule has 0 bridgehead atoms. The fourth-order valence-electron chi connectivity index (χ4n) is 3.10. The van der Waals surface area contributed by atoms with Gasteiger partial charge in [0, 0.05) is 18.4 Å². The molecule has 1 aromatic heterocycles. The Morgan fingerprint density at radius 2 is 1.93 bits per heavy atom. The molecule has 0 aliphatic carbocycles. The van der Waals surface area contributed by atoms with Gasteiger partial charge in [0.1, 0.15) is 11.5 Å². The number of carbonyl (C=O) groups excluding carboxylic acids is 1. The van der Waals surface area contributed by atoms with E-state index in [1.807, 2.05) is 37.3 Å². The molecule has 1 aliphatic rings. The first-order chi connectivity index (χ1) is 13.9. The molecule has 29 heavy (non-hydrogen) atoms. The number of oxazole rings is 1. The lowest BCUT2D eigenvalue weighted by Gasteiger charge is -2.35. The molecule has 0 saturated carbocycles. The molecule has 1 aromatic carbocycles. The predicted molar refractivity (Wildman–Crippen MR) is 110 cm³/mol. The molecule has 0 N–H and O–H groups in total. The zero-order chi connectivity index (χ0) is 20.9. The number of allylic oxidation sites excluding steroid dienone is 1. The normalized spacial score (nSPS) is 22.1. The van der Waals surface area contributed by atoms with E-state index < -0.39 is 11.8 Å². The van der Waals surface area contributed by atoms with Crippen molar-refractivity contribution in [3.8, 4) is 11.5 Å². The maximum absolute atomic E-state index is 11.9. The highest BCUT2D eigenvalue weighted by Crippen LogP contribution is 2.26. The number of rotatable bonds is 7. The molecule has 6 nitrogen and oxygen atoms in total. The second-order valence-electron chi connectivity index (χ2n) is 7.46. The quantitative estimate of drug-likeness (QED) is 0.629. The van der Waals surface area contributed by atoms with E-state index in [-0.39, 0.29) is 5.92 Å². The van der Waals surface area contributed by atoms with Gasteiger partial charge in [-0.15, -0.1) is 0 Å². The minimum Gasteiger partial charge on any atom is -0.462 e. The molecule has 0 atom stereocenters. The molecule has 1 aliphatic heterocycles. The smallest absolute Gasteiger partial charge is 0.366 e. The lowest BCUT2D eigenvalue weighted by Crippen LogP contribution is -2.48. The molecular formula is C23H29NO5. The van der Waals surface area contributed by atoms with Crippen LogP contribution < -0.4 is 0 Å². The number of ether oxygens (including phenoxy) is 3. The Balaban J connectivity index is 1.49. The van der Waals surface area contributed by atoms with Crippen LogP contribution in [-0.4, -0.2) is 36.6 Å². The number of hydrogen-bond donors (Lipinski definition) is 0. The van der Waals surface area contributed by atoms with E-state index in [9.17, 15) is 4.79 Å². The average molecular weight is 399 g/mol. The van der Waals surface area contributed by atoms with Crippen LogP contribution in [0.25, 0.3) is 17.5 Å². The van der Waals surface area contributed by atoms with Crippen molar-refractivity contribution >= 4 is 12.0 Å². The van der Waals surface area contributed by atoms with Crippen LogP contribution in [0.15, 0.2) is 34.8 Å². The molecular weight excluding hydrogens is 370 g/mol. The van der Waals surface area contributed by atoms with Crippen LogP contribution in [0.4, 0.5) is 0 Å². The van der Waals surface area contributed by atoms with E-state index in [1.54, 1.807) is 13.8 Å². The number of benzene rings is 1. The molecule has 1 fully saturated rings. The Morgan fingerprint density at radius 1 is 1.24 bits per heavy atom. The van der Waals surface area contributed by atoms with Crippen LogP contribution in [0.2, 0.25) is 0 Å². The largest absolute Gasteiger partial charge is 0.462 e. The summed E-state index contributed by atoms with van der Waals surface area (Å²) >= 11 is 0. The van der Waals surface area contributed by atoms with E-state index in [1.165, 1.54) is 5.56 Å². The van der Waals surface area contributed by atoms with Gasteiger partial charge >= 0.3 is 5.97 Å². The highest BCUT2D eigenvalue weighted by molar-refractivity contribution is 5.77. The first kappa shape index (κ1) is 21.3. The molecule has 6 heteroatoms. The van der Waals surface area contributed by atoms with Crippen molar-refractivity contribution in [3.05, 3.63) is 47.4 Å². The summed E-state index contributed by atoms with van der Waals surface area (Å²) in [6, 6.07) is 8.12. The summed E-state index contributed by atoms with van der Waals surface area (Å²) in [7, 11) is 0. The summed E-state index contributed by atoms with van der Waals surface area (Å²) in [5, 5.41) is 0. The van der Waals surface area contributed by atoms with Gasteiger partial charge in [0.15, 0.2) is 0 Å². The van der Waals surface area contributed by atoms with Gasteiger partial charge in [0.05, 0.1) is 19.8 Å². The maximum Gasteiger partial charge on any atom is 0.366 e. The molecule has 0 amide bonds. The van der Waals surface area contributed by atoms with Gasteiger partial charge in [-0.05, 0) is 51.8 Å². The van der Waals surface area contributed by atoms with E-state index in [0.29, 0.717) is 25.7 Å². The van der Waals surface area contributed by atoms with Crippen LogP contribution in [0.5, 0.6) is 0 Å². The summed E-state index contributed by atoms with van der Waals surface area (Å²) in [6.45, 7) is 8.61. The predicted octanol–water partition coefficient (Wildman–Crippen LogP) is 4.69. The number of esters is 1. The Hall–Kier alpha value is -2.44. The van der Waals surface area contributed by atoms with Crippen molar-refractivity contribution < 1.29 is 23.4 Å². The lowest BCUT2D eigenvalue weighted by atomic mass is 10.0. The fourth-order valence-corrected chi connectivity index (χ4v) is 3.10. The SMILES string of the molecule is CCOC(=O)[C@]1(C)OC[C@H](CCC=Cc2nc(-c3ccc(C)cc3)oc2C)CO1. The molecule has 0 spiro atoms. The van der Waals surface area contributed by atoms with Crippen LogP contribution in [0.1, 0.15) is 43.7 Å². The van der Waals surface area contributed by atoms with Gasteiger partial charge in [-0.25, -0.2) is 9.78 Å². The van der Waals surface area contributed by atoms with E-state index in [2.05, 4.69) is 18.0 Å². The monoisotopic (exact) mass is 399 g/mol. The second-order valence-corrected chi connectivity index (χ2v) is 7.46. The summed E-state index contributed by atoms with van der Waals surface area (Å²) in [4.78, 5) is 16.5. The molecule has 156 valence electrons. The Labute approximate surface area is 171 Å². The topological polar surface area (TPSA) is 70.8 Å². The van der Waals surface area contributed by atoms with Gasteiger partial charge in [-0.3, -0.25) is 0 Å². The number of hydrogen-bond acceptors (Lipinski definition) is 6. The van der Waals surface area contributed by atoms with Gasteiger partial charge in [0.25, 0.3) is 5.79 Å². The number of aryl methyl sites for hydroxylation is 2. The third kappa shape index (κ3) is 5.34. The minimum absolute atomic E-state index is 0.240. The number of nitrogens with zero attached hydrogens (tertiary/aromatic N) is 1. The zero-order valence-electron chi connectivity index (χ0n) is 17.6. The van der Waals surface area contributed by atoms with Crippen molar-refractivity contribution in [3.63, 3.8) is 0 Å². The van der Waals surface area contributed by atoms with Crippen molar-refractivity contribution in [1.82, 2.24) is 4.98 Å². The van der Waals surface area contributed by atoms with Crippen LogP contribution >= 0.6 is 0 Å². The maximum atomic E-state index is 11.9. The minimum atomic E-state index is -1.29. The summed E-state index contributed by atoms with van der Waals surface area (Å²) in [5.74, 6) is -0.0826. The van der Waals surface area contributed by atoms with E-state index >= 15 is 0 Å². The molecule has 3 rings (SSSR count). The highest BCUT2D eigenvalue weighted by atomic mass is 16.7. The van der Waals surface area contributed by atoms with Gasteiger partial charge < -0.3 is 18.6 Å². The number of aromatic nitrogens is 1. The van der Waals surface area contributed by atoms with Crippen molar-refractivity contribution in [2.45, 2.75) is 46.3 Å². The highest BCUT2D eigenvalue weighted by Gasteiger charge is 2.41. The second kappa shape index (κ2) is 9.37. The Morgan fingerprint density at radius 3 is 2.59 bits per heavy atom. The summed E-state index contributed by atoms with van der Waals surface area (Å²) in [5.41, 5.74) is 3.02. The van der Waals surface area contributed by atoms with E-state index in [4.69, 9.17) is 18.6 Å². The Bertz CT molecular complexity index is 845. The average Bonchev–Trinajstić information content (AvgIpc) is 3.08. The molecule has 2 aromatic rings. The van der Waals surface area contributed by atoms with Crippen molar-refractivity contribution in [1.29, 1.82) is 0 Å². The lowest BCUT2D eigenvalue weighted by molar-refractivity contribution is -0.273. The van der Waals surface area contributed by atoms with Gasteiger partial charge in [0.2, 0.25) is 5.89 Å². The van der Waals surface area contributed by atoms with Gasteiger partial charge in [-0.1, -0.05) is 23.8 Å². The fraction of sp³-hybridized carbons (Fsp3) is 0.478. The molecule has 2 heterocycles. The van der Waals surface area contributed by atoms with E-state index in [0.717, 1.165) is 29.9 Å². The summed E-state index contributed by atoms with van der Waals surface area (Å²) in [6.07, 6.45) is 5.84. The summed E-state index contributed by atoms with van der Waals surface area (Å²) < 4.78 is 22.1. The molecule has 0 unspecified atom stereocenters.